The molecule has 1 N–H and O–H groups in total. The number of carbonyl (C=O) groups excluding carboxylic acids is 1. The van der Waals surface area contributed by atoms with Gasteiger partial charge in [0.15, 0.2) is 0 Å². The Morgan fingerprint density at radius 3 is 1.29 bits per heavy atom. The van der Waals surface area contributed by atoms with E-state index in [9.17, 15) is 0 Å². The van der Waals surface area contributed by atoms with E-state index >= 15 is 0 Å². The molecule has 0 fully saturated rings. The minimum absolute atomic E-state index is 0. The van der Waals surface area contributed by atoms with Gasteiger partial charge in [0, 0.05) is 0 Å². The molecule has 0 saturated heterocycles. The number of rotatable bonds is 0. The minimum atomic E-state index is -2.33. The van der Waals surface area contributed by atoms with Crippen LogP contribution in [0.3, 0.4) is 0 Å². The van der Waals surface area contributed by atoms with E-state index in [1.807, 2.05) is 0 Å². The zero-order chi connectivity index (χ0) is 3.58. The molecule has 0 rings (SSSR count). The third-order valence-electron chi connectivity index (χ3n) is 0. The second-order valence-electron chi connectivity index (χ2n) is 0.250. The molecule has 0 bridgehead atoms. The van der Waals surface area contributed by atoms with E-state index in [0.717, 1.165) is 0 Å². The summed E-state index contributed by atoms with van der Waals surface area (Å²) in [6.07, 6.45) is -2.33. The standard InChI is InChI=1S/CH2O3.Fe.Ni.H2O/c2-1(3)4;;;/h(H2,2,3,4);;;1H2/q;2*+2;/p-3. The Labute approximate surface area is 60.6 Å². The van der Waals surface area contributed by atoms with Gasteiger partial charge in [-0.3, -0.25) is 0 Å². The molecule has 0 amide bonds. The first-order valence-corrected chi connectivity index (χ1v) is 0.612. The topological polar surface area (TPSA) is 93.2 Å². The van der Waals surface area contributed by atoms with E-state index in [4.69, 9.17) is 15.0 Å². The van der Waals surface area contributed by atoms with Crippen molar-refractivity contribution in [2.75, 3.05) is 0 Å². The normalized spacial score (nSPS) is 3.43. The maximum Gasteiger partial charge on any atom is 2.00 e. The Kier molecular flexibility index (Phi) is 62.6. The average Bonchev–Trinajstić information content (AvgIpc) is 0.811. The van der Waals surface area contributed by atoms with E-state index in [1.165, 1.54) is 0 Å². The van der Waals surface area contributed by atoms with Gasteiger partial charge in [-0.15, -0.1) is 0 Å². The summed E-state index contributed by atoms with van der Waals surface area (Å²) in [5, 5.41) is 16.7. The molecular formula is CHFeNiO4+. The molecule has 0 aliphatic rings. The predicted octanol–water partition coefficient (Wildman–Crippen LogP) is -2.63. The molecule has 46 valence electrons. The Morgan fingerprint density at radius 2 is 1.29 bits per heavy atom. The molecule has 7 heavy (non-hydrogen) atoms. The maximum absolute atomic E-state index is 8.33. The number of hydrogen-bond acceptors (Lipinski definition) is 4. The van der Waals surface area contributed by atoms with Crippen molar-refractivity contribution >= 4 is 6.16 Å². The molecule has 0 saturated carbocycles. The SMILES string of the molecule is O=C([O-])[O-].[Fe+2].[Ni+2].[OH-]. The van der Waals surface area contributed by atoms with Crippen LogP contribution in [0.2, 0.25) is 0 Å². The van der Waals surface area contributed by atoms with Gasteiger partial charge in [0.2, 0.25) is 0 Å². The largest absolute Gasteiger partial charge is 2.00 e. The minimum Gasteiger partial charge on any atom is -0.870 e. The van der Waals surface area contributed by atoms with E-state index < -0.39 is 6.16 Å². The molecule has 0 radical (unpaired) electrons. The van der Waals surface area contributed by atoms with Gasteiger partial charge in [0.05, 0.1) is 0 Å². The Morgan fingerprint density at radius 1 is 1.29 bits per heavy atom. The van der Waals surface area contributed by atoms with E-state index in [1.54, 1.807) is 0 Å². The monoisotopic (exact) mass is 191 g/mol. The van der Waals surface area contributed by atoms with Crippen LogP contribution in [-0.2, 0) is 33.6 Å². The first-order chi connectivity index (χ1) is 1.73. The fraction of sp³-hybridized carbons (Fsp3) is 0. The van der Waals surface area contributed by atoms with Crippen LogP contribution in [-0.4, -0.2) is 11.6 Å². The zero-order valence-corrected chi connectivity index (χ0v) is 4.93. The summed E-state index contributed by atoms with van der Waals surface area (Å²) < 4.78 is 0. The quantitative estimate of drug-likeness (QED) is 0.392. The first kappa shape index (κ1) is 26.8. The van der Waals surface area contributed by atoms with Gasteiger partial charge in [0.1, 0.15) is 0 Å². The van der Waals surface area contributed by atoms with Crippen LogP contribution in [0.5, 0.6) is 0 Å². The van der Waals surface area contributed by atoms with Crippen molar-refractivity contribution in [3.63, 3.8) is 0 Å². The third-order valence-corrected chi connectivity index (χ3v) is 0. The van der Waals surface area contributed by atoms with Crippen molar-refractivity contribution in [3.8, 4) is 0 Å². The van der Waals surface area contributed by atoms with Crippen LogP contribution in [0.25, 0.3) is 0 Å². The molecule has 0 atom stereocenters. The molecule has 0 aromatic heterocycles. The summed E-state index contributed by atoms with van der Waals surface area (Å²) in [4.78, 5) is 8.33. The fourth-order valence-electron chi connectivity index (χ4n) is 0. The van der Waals surface area contributed by atoms with Gasteiger partial charge in [0.25, 0.3) is 0 Å². The smallest absolute Gasteiger partial charge is 0.870 e. The Bertz CT molecular complexity index is 34.7. The van der Waals surface area contributed by atoms with Crippen LogP contribution >= 0.6 is 0 Å². The second-order valence-corrected chi connectivity index (χ2v) is 0.250. The van der Waals surface area contributed by atoms with Crippen molar-refractivity contribution in [2.45, 2.75) is 0 Å². The molecular weight excluding hydrogens is 191 g/mol. The number of carboxylic acid groups (broad SMARTS) is 2. The maximum atomic E-state index is 8.33. The summed E-state index contributed by atoms with van der Waals surface area (Å²) in [6, 6.07) is 0. The zero-order valence-electron chi connectivity index (χ0n) is 2.84. The van der Waals surface area contributed by atoms with Crippen molar-refractivity contribution < 1.29 is 54.0 Å². The molecule has 4 nitrogen and oxygen atoms in total. The van der Waals surface area contributed by atoms with Crippen molar-refractivity contribution in [1.29, 1.82) is 0 Å². The number of carbonyl (C=O) groups is 1. The van der Waals surface area contributed by atoms with Crippen LogP contribution in [0.15, 0.2) is 0 Å². The molecule has 0 unspecified atom stereocenters. The molecule has 6 heteroatoms. The Balaban J connectivity index is -0.0000000150. The van der Waals surface area contributed by atoms with Crippen LogP contribution in [0, 0.1) is 0 Å². The third kappa shape index (κ3) is 1900. The fourth-order valence-corrected chi connectivity index (χ4v) is 0. The van der Waals surface area contributed by atoms with Crippen LogP contribution < -0.4 is 10.2 Å². The van der Waals surface area contributed by atoms with Crippen molar-refractivity contribution in [3.05, 3.63) is 0 Å². The van der Waals surface area contributed by atoms with Gasteiger partial charge in [-0.1, -0.05) is 0 Å². The summed E-state index contributed by atoms with van der Waals surface area (Å²) in [7, 11) is 0. The van der Waals surface area contributed by atoms with E-state index in [0.29, 0.717) is 0 Å². The van der Waals surface area contributed by atoms with Gasteiger partial charge >= 0.3 is 33.6 Å². The van der Waals surface area contributed by atoms with Crippen LogP contribution in [0.1, 0.15) is 0 Å². The summed E-state index contributed by atoms with van der Waals surface area (Å²) in [5.41, 5.74) is 0. The Hall–Kier alpha value is 0.243. The van der Waals surface area contributed by atoms with E-state index in [2.05, 4.69) is 0 Å². The molecule has 0 aromatic rings. The first-order valence-electron chi connectivity index (χ1n) is 0.612. The summed E-state index contributed by atoms with van der Waals surface area (Å²) >= 11 is 0. The molecule has 0 aliphatic carbocycles. The van der Waals surface area contributed by atoms with Gasteiger partial charge in [-0.05, 0) is 6.16 Å². The van der Waals surface area contributed by atoms with Gasteiger partial charge in [-0.25, -0.2) is 0 Å². The van der Waals surface area contributed by atoms with Gasteiger partial charge < -0.3 is 20.5 Å². The molecule has 0 aromatic carbocycles. The summed E-state index contributed by atoms with van der Waals surface area (Å²) in [6.45, 7) is 0. The molecule has 0 heterocycles. The molecule has 0 spiro atoms. The van der Waals surface area contributed by atoms with E-state index in [-0.39, 0.29) is 39.0 Å². The van der Waals surface area contributed by atoms with Crippen molar-refractivity contribution in [1.82, 2.24) is 0 Å². The summed E-state index contributed by atoms with van der Waals surface area (Å²) in [5.74, 6) is 0. The van der Waals surface area contributed by atoms with Gasteiger partial charge in [-0.2, -0.15) is 0 Å². The van der Waals surface area contributed by atoms with Crippen LogP contribution in [0.4, 0.5) is 4.79 Å². The predicted molar refractivity (Wildman–Crippen MR) is 7.33 cm³/mol. The second kappa shape index (κ2) is 16.3. The van der Waals surface area contributed by atoms with Crippen molar-refractivity contribution in [2.24, 2.45) is 0 Å². The number of hydrogen-bond donors (Lipinski definition) is 0. The molecule has 0 aliphatic heterocycles. The average molecular weight is 192 g/mol.